The first-order chi connectivity index (χ1) is 8.29. The Kier molecular flexibility index (Phi) is 4.64. The van der Waals surface area contributed by atoms with Gasteiger partial charge in [-0.1, -0.05) is 54.3 Å². The molecule has 1 aliphatic carbocycles. The zero-order chi connectivity index (χ0) is 12.1. The van der Waals surface area contributed by atoms with Crippen molar-refractivity contribution >= 4 is 11.6 Å². The second-order valence-electron chi connectivity index (χ2n) is 4.73. The molecule has 2 N–H and O–H groups in total. The first-order valence-corrected chi connectivity index (χ1v) is 6.86. The molecule has 1 unspecified atom stereocenters. The molecule has 1 atom stereocenters. The van der Waals surface area contributed by atoms with Gasteiger partial charge in [-0.25, -0.2) is 0 Å². The summed E-state index contributed by atoms with van der Waals surface area (Å²) in [4.78, 5) is 0. The molecule has 2 heteroatoms. The number of allylic oxidation sites excluding steroid dienone is 1. The maximum absolute atomic E-state index is 6.34. The van der Waals surface area contributed by atoms with Gasteiger partial charge in [0, 0.05) is 5.02 Å². The molecule has 0 heterocycles. The minimum Gasteiger partial charge on any atom is -0.321 e. The highest BCUT2D eigenvalue weighted by molar-refractivity contribution is 6.31. The second-order valence-corrected chi connectivity index (χ2v) is 5.14. The molecule has 17 heavy (non-hydrogen) atoms. The Morgan fingerprint density at radius 2 is 1.82 bits per heavy atom. The monoisotopic (exact) mass is 249 g/mol. The molecular formula is C15H20ClN. The predicted molar refractivity (Wildman–Crippen MR) is 74.2 cm³/mol. The lowest BCUT2D eigenvalue weighted by Gasteiger charge is -2.19. The molecule has 92 valence electrons. The van der Waals surface area contributed by atoms with E-state index >= 15 is 0 Å². The van der Waals surface area contributed by atoms with Crippen molar-refractivity contribution < 1.29 is 0 Å². The summed E-state index contributed by atoms with van der Waals surface area (Å²) in [5.41, 5.74) is 8.75. The number of hydrogen-bond donors (Lipinski definition) is 1. The molecule has 0 bridgehead atoms. The van der Waals surface area contributed by atoms with Crippen LogP contribution in [0.3, 0.4) is 0 Å². The Balaban J connectivity index is 2.18. The molecular weight excluding hydrogens is 230 g/mol. The fraction of sp³-hybridized carbons (Fsp3) is 0.467. The van der Waals surface area contributed by atoms with Gasteiger partial charge in [0.15, 0.2) is 0 Å². The van der Waals surface area contributed by atoms with E-state index in [1.807, 2.05) is 24.3 Å². The molecule has 2 rings (SSSR count). The third kappa shape index (κ3) is 3.34. The van der Waals surface area contributed by atoms with E-state index in [4.69, 9.17) is 17.3 Å². The molecule has 0 spiro atoms. The topological polar surface area (TPSA) is 26.0 Å². The minimum absolute atomic E-state index is 0.0261. The largest absolute Gasteiger partial charge is 0.321 e. The summed E-state index contributed by atoms with van der Waals surface area (Å²) in [6, 6.07) is 7.88. The fourth-order valence-corrected chi connectivity index (χ4v) is 2.68. The van der Waals surface area contributed by atoms with Gasteiger partial charge in [0.2, 0.25) is 0 Å². The van der Waals surface area contributed by atoms with Gasteiger partial charge in [-0.2, -0.15) is 0 Å². The average Bonchev–Trinajstić information content (AvgIpc) is 2.28. The van der Waals surface area contributed by atoms with Crippen molar-refractivity contribution in [3.8, 4) is 0 Å². The molecule has 0 saturated heterocycles. The van der Waals surface area contributed by atoms with Crippen LogP contribution in [0.4, 0.5) is 0 Å². The Morgan fingerprint density at radius 3 is 2.65 bits per heavy atom. The highest BCUT2D eigenvalue weighted by Gasteiger charge is 2.15. The predicted octanol–water partition coefficient (Wildman–Crippen LogP) is 4.62. The summed E-state index contributed by atoms with van der Waals surface area (Å²) in [6.45, 7) is 0. The Bertz CT molecular complexity index is 398. The number of rotatable bonds is 2. The van der Waals surface area contributed by atoms with Crippen molar-refractivity contribution in [3.63, 3.8) is 0 Å². The van der Waals surface area contributed by atoms with Crippen molar-refractivity contribution in [2.45, 2.75) is 44.6 Å². The number of nitrogens with two attached hydrogens (primary N) is 1. The van der Waals surface area contributed by atoms with Crippen LogP contribution in [0.25, 0.3) is 0 Å². The van der Waals surface area contributed by atoms with Crippen molar-refractivity contribution in [1.29, 1.82) is 0 Å². The van der Waals surface area contributed by atoms with Crippen LogP contribution in [0, 0.1) is 0 Å². The molecule has 0 amide bonds. The van der Waals surface area contributed by atoms with E-state index in [1.165, 1.54) is 31.3 Å². The van der Waals surface area contributed by atoms with Crippen LogP contribution in [0.2, 0.25) is 5.02 Å². The van der Waals surface area contributed by atoms with Crippen LogP contribution in [-0.2, 0) is 0 Å². The average molecular weight is 250 g/mol. The lowest BCUT2D eigenvalue weighted by molar-refractivity contribution is 0.602. The van der Waals surface area contributed by atoms with Gasteiger partial charge in [-0.3, -0.25) is 0 Å². The van der Waals surface area contributed by atoms with Crippen LogP contribution in [0.1, 0.15) is 50.1 Å². The van der Waals surface area contributed by atoms with Gasteiger partial charge in [0.1, 0.15) is 0 Å². The first-order valence-electron chi connectivity index (χ1n) is 6.48. The Morgan fingerprint density at radius 1 is 1.06 bits per heavy atom. The summed E-state index contributed by atoms with van der Waals surface area (Å²) in [7, 11) is 0. The lowest BCUT2D eigenvalue weighted by Crippen LogP contribution is -2.14. The van der Waals surface area contributed by atoms with Crippen LogP contribution < -0.4 is 5.73 Å². The maximum atomic E-state index is 6.34. The molecule has 0 radical (unpaired) electrons. The summed E-state index contributed by atoms with van der Waals surface area (Å²) >= 11 is 6.20. The van der Waals surface area contributed by atoms with Crippen LogP contribution in [0.15, 0.2) is 35.9 Å². The van der Waals surface area contributed by atoms with Crippen LogP contribution in [-0.4, -0.2) is 0 Å². The van der Waals surface area contributed by atoms with Crippen LogP contribution >= 0.6 is 11.6 Å². The van der Waals surface area contributed by atoms with Crippen molar-refractivity contribution in [2.24, 2.45) is 5.73 Å². The van der Waals surface area contributed by atoms with E-state index in [1.54, 1.807) is 0 Å². The molecule has 0 fully saturated rings. The minimum atomic E-state index is -0.0261. The lowest BCUT2D eigenvalue weighted by atomic mass is 9.91. The van der Waals surface area contributed by atoms with Crippen LogP contribution in [0.5, 0.6) is 0 Å². The zero-order valence-electron chi connectivity index (χ0n) is 10.2. The molecule has 0 saturated carbocycles. The van der Waals surface area contributed by atoms with Gasteiger partial charge in [-0.15, -0.1) is 0 Å². The highest BCUT2D eigenvalue weighted by atomic mass is 35.5. The summed E-state index contributed by atoms with van der Waals surface area (Å²) in [5.74, 6) is 0. The fourth-order valence-electron chi connectivity index (χ4n) is 2.43. The third-order valence-electron chi connectivity index (χ3n) is 3.47. The molecule has 1 nitrogen and oxygen atoms in total. The summed E-state index contributed by atoms with van der Waals surface area (Å²) in [6.07, 6.45) is 9.83. The molecule has 0 aliphatic heterocycles. The van der Waals surface area contributed by atoms with E-state index < -0.39 is 0 Å². The standard InChI is InChI=1S/C15H20ClN/c16-14-11-7-6-10-13(14)15(17)12-8-4-2-1-3-5-9-12/h6-8,10-11,15H,1-5,9,17H2/b12-8+. The van der Waals surface area contributed by atoms with Gasteiger partial charge < -0.3 is 5.73 Å². The summed E-state index contributed by atoms with van der Waals surface area (Å²) in [5, 5.41) is 0.781. The van der Waals surface area contributed by atoms with Gasteiger partial charge in [0.05, 0.1) is 6.04 Å². The smallest absolute Gasteiger partial charge is 0.0525 e. The van der Waals surface area contributed by atoms with E-state index in [0.29, 0.717) is 0 Å². The summed E-state index contributed by atoms with van der Waals surface area (Å²) < 4.78 is 0. The van der Waals surface area contributed by atoms with Gasteiger partial charge in [0.25, 0.3) is 0 Å². The second kappa shape index (κ2) is 6.23. The van der Waals surface area contributed by atoms with E-state index in [-0.39, 0.29) is 6.04 Å². The van der Waals surface area contributed by atoms with Crippen molar-refractivity contribution in [3.05, 3.63) is 46.5 Å². The van der Waals surface area contributed by atoms with E-state index in [0.717, 1.165) is 23.4 Å². The zero-order valence-corrected chi connectivity index (χ0v) is 10.9. The molecule has 1 aliphatic rings. The third-order valence-corrected chi connectivity index (χ3v) is 3.81. The molecule has 0 aromatic heterocycles. The number of hydrogen-bond acceptors (Lipinski definition) is 1. The normalized spacial score (nSPS) is 22.1. The first kappa shape index (κ1) is 12.7. The SMILES string of the molecule is NC(/C1=C/CCCCCC1)c1ccccc1Cl. The van der Waals surface area contributed by atoms with E-state index in [9.17, 15) is 0 Å². The molecule has 1 aromatic rings. The number of halogens is 1. The maximum Gasteiger partial charge on any atom is 0.0525 e. The Labute approximate surface area is 109 Å². The quantitative estimate of drug-likeness (QED) is 0.761. The molecule has 1 aromatic carbocycles. The van der Waals surface area contributed by atoms with E-state index in [2.05, 4.69) is 6.08 Å². The Hall–Kier alpha value is -0.790. The number of benzene rings is 1. The van der Waals surface area contributed by atoms with Gasteiger partial charge >= 0.3 is 0 Å². The van der Waals surface area contributed by atoms with Gasteiger partial charge in [-0.05, 0) is 37.3 Å². The van der Waals surface area contributed by atoms with Crippen molar-refractivity contribution in [2.75, 3.05) is 0 Å². The highest BCUT2D eigenvalue weighted by Crippen LogP contribution is 2.30. The van der Waals surface area contributed by atoms with Crippen molar-refractivity contribution in [1.82, 2.24) is 0 Å².